The van der Waals surface area contributed by atoms with Gasteiger partial charge < -0.3 is 9.47 Å². The van der Waals surface area contributed by atoms with Gasteiger partial charge in [0.2, 0.25) is 0 Å². The molecule has 0 fully saturated rings. The smallest absolute Gasteiger partial charge is 0.333 e. The van der Waals surface area contributed by atoms with Crippen LogP contribution in [0.1, 0.15) is 44.6 Å². The van der Waals surface area contributed by atoms with E-state index in [1.807, 2.05) is 32.1 Å². The molecule has 0 amide bonds. The van der Waals surface area contributed by atoms with E-state index in [1.165, 1.54) is 5.56 Å². The van der Waals surface area contributed by atoms with Crippen molar-refractivity contribution in [1.82, 2.24) is 0 Å². The van der Waals surface area contributed by atoms with Crippen molar-refractivity contribution in [2.24, 2.45) is 0 Å². The van der Waals surface area contributed by atoms with Crippen molar-refractivity contribution in [2.45, 2.75) is 45.1 Å². The van der Waals surface area contributed by atoms with Crippen LogP contribution in [0.15, 0.2) is 35.9 Å². The Morgan fingerprint density at radius 2 is 1.95 bits per heavy atom. The Labute approximate surface area is 120 Å². The van der Waals surface area contributed by atoms with E-state index in [0.29, 0.717) is 5.92 Å². The third-order valence-electron chi connectivity index (χ3n) is 3.60. The molecule has 3 heteroatoms. The van der Waals surface area contributed by atoms with Gasteiger partial charge in [-0.25, -0.2) is 4.79 Å². The standard InChI is InChI=1S/C17H22O3/c1-12(2)20-17(18)15-6-4-13(5-7-15)14-8-10-16(19-3)11-9-14/h6,8-13H,4-5,7H2,1-3H3. The van der Waals surface area contributed by atoms with Crippen LogP contribution in [-0.2, 0) is 9.53 Å². The summed E-state index contributed by atoms with van der Waals surface area (Å²) >= 11 is 0. The SMILES string of the molecule is COc1ccc(C2CC=C(C(=O)OC(C)C)CC2)cc1. The Morgan fingerprint density at radius 1 is 1.25 bits per heavy atom. The summed E-state index contributed by atoms with van der Waals surface area (Å²) in [7, 11) is 1.67. The molecule has 0 bridgehead atoms. The van der Waals surface area contributed by atoms with Crippen LogP contribution in [0.4, 0.5) is 0 Å². The van der Waals surface area contributed by atoms with E-state index in [0.717, 1.165) is 30.6 Å². The van der Waals surface area contributed by atoms with Gasteiger partial charge in [0.05, 0.1) is 13.2 Å². The number of carbonyl (C=O) groups is 1. The van der Waals surface area contributed by atoms with E-state index in [4.69, 9.17) is 9.47 Å². The average Bonchev–Trinajstić information content (AvgIpc) is 2.47. The van der Waals surface area contributed by atoms with E-state index < -0.39 is 0 Å². The molecule has 0 spiro atoms. The van der Waals surface area contributed by atoms with Crippen molar-refractivity contribution in [3.63, 3.8) is 0 Å². The summed E-state index contributed by atoms with van der Waals surface area (Å²) in [6.45, 7) is 3.75. The molecule has 1 unspecified atom stereocenters. The van der Waals surface area contributed by atoms with Gasteiger partial charge in [-0.2, -0.15) is 0 Å². The first kappa shape index (κ1) is 14.6. The van der Waals surface area contributed by atoms with Crippen LogP contribution in [0, 0.1) is 0 Å². The van der Waals surface area contributed by atoms with E-state index >= 15 is 0 Å². The normalized spacial score (nSPS) is 18.6. The molecular weight excluding hydrogens is 252 g/mol. The van der Waals surface area contributed by atoms with Crippen LogP contribution < -0.4 is 4.74 Å². The third kappa shape index (κ3) is 3.62. The molecule has 0 aromatic heterocycles. The molecule has 108 valence electrons. The number of methoxy groups -OCH3 is 1. The number of esters is 1. The van der Waals surface area contributed by atoms with Gasteiger partial charge in [-0.15, -0.1) is 0 Å². The minimum Gasteiger partial charge on any atom is -0.497 e. The molecule has 0 saturated heterocycles. The Kier molecular flexibility index (Phi) is 4.83. The Balaban J connectivity index is 1.98. The minimum absolute atomic E-state index is 0.0530. The van der Waals surface area contributed by atoms with Gasteiger partial charge in [0.25, 0.3) is 0 Å². The summed E-state index contributed by atoms with van der Waals surface area (Å²) in [6.07, 6.45) is 4.66. The molecule has 2 rings (SSSR count). The van der Waals surface area contributed by atoms with E-state index in [2.05, 4.69) is 12.1 Å². The lowest BCUT2D eigenvalue weighted by molar-refractivity contribution is -0.142. The first-order chi connectivity index (χ1) is 9.60. The lowest BCUT2D eigenvalue weighted by Crippen LogP contribution is -2.16. The molecule has 1 atom stereocenters. The van der Waals surface area contributed by atoms with Crippen LogP contribution in [-0.4, -0.2) is 19.2 Å². The van der Waals surface area contributed by atoms with Gasteiger partial charge in [-0.05, 0) is 56.7 Å². The van der Waals surface area contributed by atoms with Gasteiger partial charge in [-0.3, -0.25) is 0 Å². The highest BCUT2D eigenvalue weighted by Gasteiger charge is 2.21. The lowest BCUT2D eigenvalue weighted by Gasteiger charge is -2.22. The van der Waals surface area contributed by atoms with Crippen molar-refractivity contribution in [3.05, 3.63) is 41.5 Å². The average molecular weight is 274 g/mol. The highest BCUT2D eigenvalue weighted by molar-refractivity contribution is 5.88. The molecule has 20 heavy (non-hydrogen) atoms. The molecule has 1 aliphatic carbocycles. The highest BCUT2D eigenvalue weighted by Crippen LogP contribution is 2.33. The van der Waals surface area contributed by atoms with Crippen molar-refractivity contribution in [2.75, 3.05) is 7.11 Å². The Hall–Kier alpha value is -1.77. The third-order valence-corrected chi connectivity index (χ3v) is 3.60. The zero-order valence-corrected chi connectivity index (χ0v) is 12.4. The summed E-state index contributed by atoms with van der Waals surface area (Å²) in [5, 5.41) is 0. The van der Waals surface area contributed by atoms with Crippen LogP contribution in [0.5, 0.6) is 5.75 Å². The number of hydrogen-bond acceptors (Lipinski definition) is 3. The fourth-order valence-electron chi connectivity index (χ4n) is 2.49. The fraction of sp³-hybridized carbons (Fsp3) is 0.471. The number of rotatable bonds is 4. The summed E-state index contributed by atoms with van der Waals surface area (Å²) in [4.78, 5) is 11.8. The minimum atomic E-state index is -0.159. The van der Waals surface area contributed by atoms with Gasteiger partial charge in [0, 0.05) is 5.57 Å². The van der Waals surface area contributed by atoms with Crippen LogP contribution in [0.25, 0.3) is 0 Å². The van der Waals surface area contributed by atoms with E-state index in [-0.39, 0.29) is 12.1 Å². The molecule has 1 aliphatic rings. The van der Waals surface area contributed by atoms with E-state index in [9.17, 15) is 4.79 Å². The molecule has 1 aromatic carbocycles. The molecule has 0 saturated carbocycles. The zero-order chi connectivity index (χ0) is 14.5. The second kappa shape index (κ2) is 6.60. The Bertz CT molecular complexity index is 485. The summed E-state index contributed by atoms with van der Waals surface area (Å²) in [5.74, 6) is 1.20. The highest BCUT2D eigenvalue weighted by atomic mass is 16.5. The molecule has 0 heterocycles. The monoisotopic (exact) mass is 274 g/mol. The predicted octanol–water partition coefficient (Wildman–Crippen LogP) is 3.84. The summed E-state index contributed by atoms with van der Waals surface area (Å²) < 4.78 is 10.4. The first-order valence-corrected chi connectivity index (χ1v) is 7.14. The van der Waals surface area contributed by atoms with Crippen LogP contribution >= 0.6 is 0 Å². The summed E-state index contributed by atoms with van der Waals surface area (Å²) in [5.41, 5.74) is 2.13. The zero-order valence-electron chi connectivity index (χ0n) is 12.4. The van der Waals surface area contributed by atoms with Crippen molar-refractivity contribution >= 4 is 5.97 Å². The number of benzene rings is 1. The molecular formula is C17H22O3. The predicted molar refractivity (Wildman–Crippen MR) is 78.9 cm³/mol. The molecule has 0 radical (unpaired) electrons. The van der Waals surface area contributed by atoms with Gasteiger partial charge in [-0.1, -0.05) is 18.2 Å². The number of hydrogen-bond donors (Lipinski definition) is 0. The Morgan fingerprint density at radius 3 is 2.45 bits per heavy atom. The molecule has 0 N–H and O–H groups in total. The van der Waals surface area contributed by atoms with Crippen LogP contribution in [0.3, 0.4) is 0 Å². The van der Waals surface area contributed by atoms with Crippen molar-refractivity contribution in [3.8, 4) is 5.75 Å². The lowest BCUT2D eigenvalue weighted by atomic mass is 9.84. The topological polar surface area (TPSA) is 35.5 Å². The van der Waals surface area contributed by atoms with Crippen molar-refractivity contribution in [1.29, 1.82) is 0 Å². The molecule has 3 nitrogen and oxygen atoms in total. The maximum atomic E-state index is 11.8. The molecule has 0 aliphatic heterocycles. The van der Waals surface area contributed by atoms with Gasteiger partial charge >= 0.3 is 5.97 Å². The quantitative estimate of drug-likeness (QED) is 0.782. The van der Waals surface area contributed by atoms with Crippen LogP contribution in [0.2, 0.25) is 0 Å². The maximum absolute atomic E-state index is 11.8. The fourth-order valence-corrected chi connectivity index (χ4v) is 2.49. The second-order valence-corrected chi connectivity index (χ2v) is 5.43. The summed E-state index contributed by atoms with van der Waals surface area (Å²) in [6, 6.07) is 8.19. The van der Waals surface area contributed by atoms with E-state index in [1.54, 1.807) is 7.11 Å². The van der Waals surface area contributed by atoms with Gasteiger partial charge in [0.15, 0.2) is 0 Å². The van der Waals surface area contributed by atoms with Crippen molar-refractivity contribution < 1.29 is 14.3 Å². The number of ether oxygens (including phenoxy) is 2. The number of carbonyl (C=O) groups excluding carboxylic acids is 1. The largest absolute Gasteiger partial charge is 0.497 e. The molecule has 1 aromatic rings. The van der Waals surface area contributed by atoms with Gasteiger partial charge in [0.1, 0.15) is 5.75 Å². The maximum Gasteiger partial charge on any atom is 0.333 e. The second-order valence-electron chi connectivity index (χ2n) is 5.43. The number of allylic oxidation sites excluding steroid dienone is 1. The first-order valence-electron chi connectivity index (χ1n) is 7.14.